The van der Waals surface area contributed by atoms with Crippen LogP contribution in [0.1, 0.15) is 6.92 Å². The first kappa shape index (κ1) is 10.2. The molecule has 64 valence electrons. The zero-order valence-corrected chi connectivity index (χ0v) is 6.17. The van der Waals surface area contributed by atoms with Crippen molar-refractivity contribution in [1.29, 1.82) is 0 Å². The van der Waals surface area contributed by atoms with Gasteiger partial charge in [0.05, 0.1) is 18.8 Å². The molecule has 0 aliphatic carbocycles. The topological polar surface area (TPSA) is 109 Å². The van der Waals surface area contributed by atoms with E-state index >= 15 is 0 Å². The lowest BCUT2D eigenvalue weighted by Gasteiger charge is -2.25. The maximum atomic E-state index is 9.24. The molecule has 0 aromatic rings. The monoisotopic (exact) mass is 161 g/mol. The Morgan fingerprint density at radius 1 is 1.73 bits per heavy atom. The van der Waals surface area contributed by atoms with E-state index in [9.17, 15) is 5.11 Å². The first-order valence-electron chi connectivity index (χ1n) is 3.06. The Bertz CT molecular complexity index is 164. The highest BCUT2D eigenvalue weighted by Gasteiger charge is 2.28. The number of azide groups is 1. The van der Waals surface area contributed by atoms with E-state index in [1.807, 2.05) is 0 Å². The van der Waals surface area contributed by atoms with Crippen LogP contribution < -0.4 is 0 Å². The maximum Gasteiger partial charge on any atom is 0.106 e. The second-order valence-corrected chi connectivity index (χ2v) is 2.44. The molecule has 0 aliphatic heterocycles. The van der Waals surface area contributed by atoms with Crippen LogP contribution in [0.3, 0.4) is 0 Å². The Morgan fingerprint density at radius 3 is 2.64 bits per heavy atom. The highest BCUT2D eigenvalue weighted by molar-refractivity contribution is 4.83. The molecule has 3 N–H and O–H groups in total. The Hall–Kier alpha value is -0.810. The van der Waals surface area contributed by atoms with Crippen LogP contribution in [-0.4, -0.2) is 40.2 Å². The van der Waals surface area contributed by atoms with Crippen molar-refractivity contribution in [2.24, 2.45) is 5.11 Å². The van der Waals surface area contributed by atoms with Gasteiger partial charge >= 0.3 is 0 Å². The highest BCUT2D eigenvalue weighted by atomic mass is 16.4. The normalized spacial score (nSPS) is 18.2. The zero-order chi connectivity index (χ0) is 8.91. The standard InChI is InChI=1S/C5H11N3O3/c1-5(11,3-7-8-6)4(10)2-9/h4,9-11H,2-3H2,1H3/t4-,5+/m1/s1. The van der Waals surface area contributed by atoms with Crippen molar-refractivity contribution >= 4 is 0 Å². The fraction of sp³-hybridized carbons (Fsp3) is 1.00. The smallest absolute Gasteiger partial charge is 0.106 e. The Kier molecular flexibility index (Phi) is 3.84. The summed E-state index contributed by atoms with van der Waals surface area (Å²) in [6.45, 7) is 0.460. The molecule has 0 heterocycles. The van der Waals surface area contributed by atoms with Crippen LogP contribution >= 0.6 is 0 Å². The predicted octanol–water partition coefficient (Wildman–Crippen LogP) is -0.599. The number of aliphatic hydroxyl groups is 3. The summed E-state index contributed by atoms with van der Waals surface area (Å²) in [5, 5.41) is 29.7. The van der Waals surface area contributed by atoms with E-state index in [4.69, 9.17) is 15.7 Å². The van der Waals surface area contributed by atoms with Crippen molar-refractivity contribution in [1.82, 2.24) is 0 Å². The molecule has 0 unspecified atom stereocenters. The summed E-state index contributed by atoms with van der Waals surface area (Å²) in [5.41, 5.74) is 6.33. The zero-order valence-electron chi connectivity index (χ0n) is 6.17. The molecule has 0 aliphatic rings. The van der Waals surface area contributed by atoms with E-state index in [1.54, 1.807) is 0 Å². The third-order valence-corrected chi connectivity index (χ3v) is 1.34. The van der Waals surface area contributed by atoms with E-state index in [-0.39, 0.29) is 6.54 Å². The van der Waals surface area contributed by atoms with Crippen molar-refractivity contribution in [3.05, 3.63) is 10.4 Å². The third kappa shape index (κ3) is 3.20. The molecule has 11 heavy (non-hydrogen) atoms. The first-order valence-corrected chi connectivity index (χ1v) is 3.06. The van der Waals surface area contributed by atoms with Crippen LogP contribution in [0.5, 0.6) is 0 Å². The largest absolute Gasteiger partial charge is 0.394 e. The minimum Gasteiger partial charge on any atom is -0.394 e. The highest BCUT2D eigenvalue weighted by Crippen LogP contribution is 2.09. The quantitative estimate of drug-likeness (QED) is 0.291. The molecule has 0 aromatic carbocycles. The van der Waals surface area contributed by atoms with Gasteiger partial charge in [-0.2, -0.15) is 0 Å². The summed E-state index contributed by atoms with van der Waals surface area (Å²) in [7, 11) is 0. The van der Waals surface area contributed by atoms with Gasteiger partial charge in [-0.1, -0.05) is 5.11 Å². The third-order valence-electron chi connectivity index (χ3n) is 1.34. The summed E-state index contributed by atoms with van der Waals surface area (Å²) < 4.78 is 0. The molecule has 0 rings (SSSR count). The minimum atomic E-state index is -1.55. The molecule has 0 amide bonds. The van der Waals surface area contributed by atoms with E-state index in [2.05, 4.69) is 10.0 Å². The van der Waals surface area contributed by atoms with E-state index in [0.717, 1.165) is 0 Å². The van der Waals surface area contributed by atoms with Gasteiger partial charge in [0.2, 0.25) is 0 Å². The van der Waals surface area contributed by atoms with Gasteiger partial charge in [0, 0.05) is 4.91 Å². The molecule has 2 atom stereocenters. The lowest BCUT2D eigenvalue weighted by molar-refractivity contribution is -0.0763. The average Bonchev–Trinajstić information content (AvgIpc) is 1.99. The van der Waals surface area contributed by atoms with Gasteiger partial charge in [0.1, 0.15) is 6.10 Å². The van der Waals surface area contributed by atoms with Crippen LogP contribution in [0.25, 0.3) is 10.4 Å². The van der Waals surface area contributed by atoms with E-state index in [0.29, 0.717) is 0 Å². The first-order chi connectivity index (χ1) is 5.04. The van der Waals surface area contributed by atoms with Crippen LogP contribution in [-0.2, 0) is 0 Å². The predicted molar refractivity (Wildman–Crippen MR) is 37.7 cm³/mol. The number of hydrogen-bond donors (Lipinski definition) is 3. The number of nitrogens with zero attached hydrogens (tertiary/aromatic N) is 3. The second kappa shape index (κ2) is 4.15. The number of aliphatic hydroxyl groups excluding tert-OH is 2. The fourth-order valence-corrected chi connectivity index (χ4v) is 0.477. The minimum absolute atomic E-state index is 0.259. The summed E-state index contributed by atoms with van der Waals surface area (Å²) in [6.07, 6.45) is -1.28. The molecule has 0 radical (unpaired) electrons. The Labute approximate surface area is 63.7 Å². The van der Waals surface area contributed by atoms with Gasteiger partial charge in [-0.05, 0) is 12.5 Å². The molecular formula is C5H11N3O3. The SMILES string of the molecule is C[C@](O)(CN=[N+]=[N-])[C@H](O)CO. The molecule has 6 heteroatoms. The molecule has 0 saturated carbocycles. The van der Waals surface area contributed by atoms with Gasteiger partial charge in [-0.25, -0.2) is 0 Å². The summed E-state index contributed by atoms with van der Waals surface area (Å²) >= 11 is 0. The van der Waals surface area contributed by atoms with E-state index in [1.165, 1.54) is 6.92 Å². The van der Waals surface area contributed by atoms with Gasteiger partial charge in [-0.3, -0.25) is 0 Å². The van der Waals surface area contributed by atoms with Crippen molar-refractivity contribution < 1.29 is 15.3 Å². The molecule has 0 aromatic heterocycles. The summed E-state index contributed by atoms with van der Waals surface area (Å²) in [5.74, 6) is 0. The lowest BCUT2D eigenvalue weighted by Crippen LogP contribution is -2.44. The van der Waals surface area contributed by atoms with Crippen LogP contribution in [0.15, 0.2) is 5.11 Å². The van der Waals surface area contributed by atoms with E-state index < -0.39 is 18.3 Å². The summed E-state index contributed by atoms with van der Waals surface area (Å²) in [4.78, 5) is 2.41. The van der Waals surface area contributed by atoms with Crippen molar-refractivity contribution in [3.8, 4) is 0 Å². The lowest BCUT2D eigenvalue weighted by atomic mass is 10.0. The van der Waals surface area contributed by atoms with Crippen LogP contribution in [0.4, 0.5) is 0 Å². The molecule has 0 bridgehead atoms. The van der Waals surface area contributed by atoms with Crippen molar-refractivity contribution in [3.63, 3.8) is 0 Å². The molecule has 0 fully saturated rings. The number of hydrogen-bond acceptors (Lipinski definition) is 4. The number of rotatable bonds is 4. The average molecular weight is 161 g/mol. The van der Waals surface area contributed by atoms with Crippen LogP contribution in [0, 0.1) is 0 Å². The molecule has 0 saturated heterocycles. The van der Waals surface area contributed by atoms with Crippen molar-refractivity contribution in [2.45, 2.75) is 18.6 Å². The van der Waals surface area contributed by atoms with Gasteiger partial charge in [0.25, 0.3) is 0 Å². The van der Waals surface area contributed by atoms with Crippen molar-refractivity contribution in [2.75, 3.05) is 13.2 Å². The second-order valence-electron chi connectivity index (χ2n) is 2.44. The van der Waals surface area contributed by atoms with Crippen LogP contribution in [0.2, 0.25) is 0 Å². The van der Waals surface area contributed by atoms with Gasteiger partial charge in [-0.15, -0.1) is 0 Å². The van der Waals surface area contributed by atoms with Gasteiger partial charge < -0.3 is 15.3 Å². The Balaban J connectivity index is 4.07. The fourth-order valence-electron chi connectivity index (χ4n) is 0.477. The molecule has 6 nitrogen and oxygen atoms in total. The Morgan fingerprint density at radius 2 is 2.27 bits per heavy atom. The summed E-state index contributed by atoms with van der Waals surface area (Å²) in [6, 6.07) is 0. The van der Waals surface area contributed by atoms with Gasteiger partial charge in [0.15, 0.2) is 0 Å². The molecular weight excluding hydrogens is 150 g/mol. The maximum absolute atomic E-state index is 9.24. The molecule has 0 spiro atoms.